The van der Waals surface area contributed by atoms with Crippen LogP contribution in [0, 0.1) is 23.7 Å². The largest absolute Gasteiger partial charge is 0.457 e. The average molecular weight is 590 g/mol. The lowest BCUT2D eigenvalue weighted by molar-refractivity contribution is -0.151. The number of likely N-dealkylation sites (N-methyl/N-ethyl adjacent to an activating group) is 1. The molecule has 42 heavy (non-hydrogen) atoms. The summed E-state index contributed by atoms with van der Waals surface area (Å²) in [5, 5.41) is 20.2. The number of aliphatic hydroxyl groups excluding tert-OH is 2. The molecule has 0 spiro atoms. The lowest BCUT2D eigenvalue weighted by Gasteiger charge is -2.43. The quantitative estimate of drug-likeness (QED) is 0.201. The van der Waals surface area contributed by atoms with E-state index in [2.05, 4.69) is 31.0 Å². The van der Waals surface area contributed by atoms with Gasteiger partial charge in [0.2, 0.25) is 6.41 Å². The van der Waals surface area contributed by atoms with Gasteiger partial charge in [-0.05, 0) is 44.7 Å². The summed E-state index contributed by atoms with van der Waals surface area (Å²) in [6, 6.07) is 0.0338. The van der Waals surface area contributed by atoms with Gasteiger partial charge in [0, 0.05) is 50.5 Å². The molecule has 0 aromatic carbocycles. The molecular weight excluding hydrogens is 538 g/mol. The molecule has 2 fully saturated rings. The van der Waals surface area contributed by atoms with Crippen LogP contribution in [0.15, 0.2) is 36.0 Å². The first-order valence-corrected chi connectivity index (χ1v) is 15.4. The fourth-order valence-electron chi connectivity index (χ4n) is 6.04. The molecule has 0 aromatic heterocycles. The van der Waals surface area contributed by atoms with Crippen molar-refractivity contribution in [1.82, 2.24) is 14.7 Å². The highest BCUT2D eigenvalue weighted by Crippen LogP contribution is 2.30. The number of amides is 2. The Labute approximate surface area is 251 Å². The number of cyclic esters (lactones) is 1. The fraction of sp³-hybridized carbons (Fsp3) is 0.719. The number of piperazine rings is 1. The molecule has 10 nitrogen and oxygen atoms in total. The minimum absolute atomic E-state index is 0.0338. The predicted molar refractivity (Wildman–Crippen MR) is 160 cm³/mol. The first-order chi connectivity index (χ1) is 20.0. The number of likely N-dealkylation sites (tertiary alicyclic amines) is 1. The Morgan fingerprint density at radius 3 is 2.57 bits per heavy atom. The van der Waals surface area contributed by atoms with Crippen LogP contribution in [0.5, 0.6) is 0 Å². The van der Waals surface area contributed by atoms with Crippen molar-refractivity contribution in [1.29, 1.82) is 0 Å². The highest BCUT2D eigenvalue weighted by Gasteiger charge is 2.34. The van der Waals surface area contributed by atoms with Crippen LogP contribution in [0.2, 0.25) is 0 Å². The Balaban J connectivity index is 1.72. The Hall–Kier alpha value is -2.69. The second kappa shape index (κ2) is 16.2. The maximum atomic E-state index is 12.8. The topological polar surface area (TPSA) is 120 Å². The Morgan fingerprint density at radius 1 is 1.12 bits per heavy atom. The van der Waals surface area contributed by atoms with Crippen molar-refractivity contribution in [3.8, 4) is 0 Å². The van der Waals surface area contributed by atoms with Crippen molar-refractivity contribution < 1.29 is 34.1 Å². The van der Waals surface area contributed by atoms with Crippen LogP contribution in [0.25, 0.3) is 0 Å². The van der Waals surface area contributed by atoms with Crippen molar-refractivity contribution in [3.63, 3.8) is 0 Å². The van der Waals surface area contributed by atoms with Crippen LogP contribution in [0.4, 0.5) is 4.79 Å². The van der Waals surface area contributed by atoms with Crippen molar-refractivity contribution in [2.45, 2.75) is 77.7 Å². The van der Waals surface area contributed by atoms with Gasteiger partial charge in [0.05, 0.1) is 31.3 Å². The first kappa shape index (κ1) is 33.8. The number of hydrogen-bond donors (Lipinski definition) is 2. The maximum absolute atomic E-state index is 12.8. The fourth-order valence-corrected chi connectivity index (χ4v) is 6.04. The van der Waals surface area contributed by atoms with Crippen LogP contribution >= 0.6 is 0 Å². The molecule has 10 heteroatoms. The molecule has 3 aliphatic rings. The summed E-state index contributed by atoms with van der Waals surface area (Å²) in [5.41, 5.74) is 0.857. The van der Waals surface area contributed by atoms with Gasteiger partial charge >= 0.3 is 12.1 Å². The van der Waals surface area contributed by atoms with E-state index >= 15 is 0 Å². The van der Waals surface area contributed by atoms with Gasteiger partial charge < -0.3 is 34.4 Å². The minimum atomic E-state index is -0.785. The number of β-amino-alcohol motifs (C(OH)–C–C–N with tert-alkyl or cyclic N) is 1. The van der Waals surface area contributed by atoms with Gasteiger partial charge in [-0.25, -0.2) is 4.79 Å². The molecule has 0 aliphatic carbocycles. The number of carbonyl (C=O) groups is 3. The van der Waals surface area contributed by atoms with Crippen molar-refractivity contribution in [3.05, 3.63) is 36.0 Å². The monoisotopic (exact) mass is 589 g/mol. The summed E-state index contributed by atoms with van der Waals surface area (Å²) in [6.07, 6.45) is 10.5. The van der Waals surface area contributed by atoms with Crippen LogP contribution < -0.4 is 0 Å². The van der Waals surface area contributed by atoms with Crippen LogP contribution in [0.3, 0.4) is 0 Å². The number of nitrogens with zero attached hydrogens (tertiary/aromatic N) is 3. The summed E-state index contributed by atoms with van der Waals surface area (Å²) >= 11 is 0. The number of allylic oxidation sites excluding steroid dienone is 2. The molecule has 3 heterocycles. The molecule has 0 saturated carbocycles. The van der Waals surface area contributed by atoms with E-state index in [-0.39, 0.29) is 42.7 Å². The Kier molecular flexibility index (Phi) is 13.1. The number of ether oxygens (including phenoxy) is 2. The highest BCUT2D eigenvalue weighted by molar-refractivity contribution is 5.70. The van der Waals surface area contributed by atoms with Gasteiger partial charge in [0.1, 0.15) is 6.10 Å². The summed E-state index contributed by atoms with van der Waals surface area (Å²) < 4.78 is 11.3. The van der Waals surface area contributed by atoms with E-state index in [1.54, 1.807) is 0 Å². The normalized spacial score (nSPS) is 33.9. The molecule has 0 radical (unpaired) electrons. The van der Waals surface area contributed by atoms with Crippen molar-refractivity contribution in [2.75, 3.05) is 46.4 Å². The molecular formula is C32H51N3O7. The smallest absolute Gasteiger partial charge is 0.409 e. The number of esters is 1. The Morgan fingerprint density at radius 2 is 1.88 bits per heavy atom. The third kappa shape index (κ3) is 9.95. The van der Waals surface area contributed by atoms with Crippen LogP contribution in [0.1, 0.15) is 53.4 Å². The number of rotatable bonds is 7. The highest BCUT2D eigenvalue weighted by atomic mass is 16.6. The van der Waals surface area contributed by atoms with Gasteiger partial charge in [-0.15, -0.1) is 0 Å². The number of aliphatic hydroxyl groups is 2. The standard InChI is InChI=1S/C32H51N3O7/c1-22(20-41-32(40)34-14-13-27(38)18-34)7-6-8-24(3)31-25(4)10-12-28(29-19-33(5)15-16-35(29)21-36)23(2)9-11-26(37)17-30(39)42-31/h6-8,10,12,21-23,25-29,31,37-38H,9,11,13-20H2,1-5H3/b7-6+,12-10+,24-8+/t22-,23-,25+,26+,27-,28+,29?,31-/m1/s1. The summed E-state index contributed by atoms with van der Waals surface area (Å²) in [5.74, 6) is -0.289. The Bertz CT molecular complexity index is 999. The predicted octanol–water partition coefficient (Wildman–Crippen LogP) is 3.00. The average Bonchev–Trinajstić information content (AvgIpc) is 3.39. The summed E-state index contributed by atoms with van der Waals surface area (Å²) in [6.45, 7) is 11.4. The van der Waals surface area contributed by atoms with E-state index in [4.69, 9.17) is 9.47 Å². The molecule has 1 unspecified atom stereocenters. The lowest BCUT2D eigenvalue weighted by atomic mass is 9.80. The van der Waals surface area contributed by atoms with Gasteiger partial charge in [-0.1, -0.05) is 51.2 Å². The second-order valence-electron chi connectivity index (χ2n) is 12.6. The van der Waals surface area contributed by atoms with Crippen molar-refractivity contribution in [2.24, 2.45) is 23.7 Å². The molecule has 0 aromatic rings. The summed E-state index contributed by atoms with van der Waals surface area (Å²) in [7, 11) is 2.08. The van der Waals surface area contributed by atoms with Gasteiger partial charge in [0.25, 0.3) is 0 Å². The van der Waals surface area contributed by atoms with E-state index in [0.29, 0.717) is 32.5 Å². The third-order valence-electron chi connectivity index (χ3n) is 8.77. The lowest BCUT2D eigenvalue weighted by Crippen LogP contribution is -2.55. The zero-order valence-electron chi connectivity index (χ0n) is 25.9. The van der Waals surface area contributed by atoms with E-state index in [0.717, 1.165) is 31.5 Å². The van der Waals surface area contributed by atoms with E-state index in [1.165, 1.54) is 4.90 Å². The van der Waals surface area contributed by atoms with Crippen LogP contribution in [-0.2, 0) is 19.1 Å². The minimum Gasteiger partial charge on any atom is -0.457 e. The molecule has 236 valence electrons. The molecule has 3 aliphatic heterocycles. The number of carbonyl (C=O) groups excluding carboxylic acids is 3. The van der Waals surface area contributed by atoms with E-state index in [9.17, 15) is 24.6 Å². The van der Waals surface area contributed by atoms with E-state index < -0.39 is 30.4 Å². The summed E-state index contributed by atoms with van der Waals surface area (Å²) in [4.78, 5) is 42.6. The van der Waals surface area contributed by atoms with Crippen LogP contribution in [-0.4, -0.2) is 114 Å². The molecule has 8 atom stereocenters. The van der Waals surface area contributed by atoms with Gasteiger partial charge in [-0.2, -0.15) is 0 Å². The SMILES string of the molecule is C/C(=C\C=C\[C@@H](C)COC(=O)N1CC[C@@H](O)C1)[C@H]1OC(=O)C[C@@H](O)CC[C@@H](C)[C@@H](C2CN(C)CCN2C=O)/C=C/[C@@H]1C. The van der Waals surface area contributed by atoms with E-state index in [1.807, 2.05) is 43.9 Å². The maximum Gasteiger partial charge on any atom is 0.409 e. The number of hydrogen-bond acceptors (Lipinski definition) is 8. The van der Waals surface area contributed by atoms with Gasteiger partial charge in [-0.3, -0.25) is 9.59 Å². The van der Waals surface area contributed by atoms with Gasteiger partial charge in [0.15, 0.2) is 0 Å². The molecule has 2 saturated heterocycles. The molecule has 0 bridgehead atoms. The zero-order chi connectivity index (χ0) is 30.8. The zero-order valence-corrected chi connectivity index (χ0v) is 25.9. The molecule has 3 rings (SSSR count). The molecule has 2 N–H and O–H groups in total. The van der Waals surface area contributed by atoms with Crippen molar-refractivity contribution >= 4 is 18.5 Å². The molecule has 2 amide bonds. The first-order valence-electron chi connectivity index (χ1n) is 15.4. The third-order valence-corrected chi connectivity index (χ3v) is 8.77. The second-order valence-corrected chi connectivity index (χ2v) is 12.6.